The average Bonchev–Trinajstić information content (AvgIpc) is 3.50. The molecule has 1 N–H and O–H groups in total. The van der Waals surface area contributed by atoms with Crippen LogP contribution < -0.4 is 15.0 Å². The Morgan fingerprint density at radius 2 is 2.06 bits per heavy atom. The maximum Gasteiger partial charge on any atom is 0.335 e. The second-order valence-corrected chi connectivity index (χ2v) is 11.1. The molecule has 0 unspecified atom stereocenters. The van der Waals surface area contributed by atoms with Crippen LogP contribution in [0.4, 0.5) is 16.0 Å². The van der Waals surface area contributed by atoms with Gasteiger partial charge >= 0.3 is 11.6 Å². The minimum atomic E-state index is -3.54. The highest BCUT2D eigenvalue weighted by Gasteiger charge is 2.35. The molecule has 0 aliphatic carbocycles. The first-order valence-electron chi connectivity index (χ1n) is 11.5. The summed E-state index contributed by atoms with van der Waals surface area (Å²) in [6, 6.07) is 3.16. The molecule has 0 radical (unpaired) electrons. The number of nitrogens with zero attached hydrogens (tertiary/aromatic N) is 5. The van der Waals surface area contributed by atoms with Crippen LogP contribution in [0, 0.1) is 5.82 Å². The van der Waals surface area contributed by atoms with Crippen LogP contribution in [-0.4, -0.2) is 81.2 Å². The maximum absolute atomic E-state index is 14.6. The molecular formula is C22H25FN6O5S2. The first kappa shape index (κ1) is 24.6. The largest absolute Gasteiger partial charge is 0.493 e. The monoisotopic (exact) mass is 536 g/mol. The van der Waals surface area contributed by atoms with Crippen LogP contribution in [0.3, 0.4) is 0 Å². The molecule has 3 aromatic rings. The Bertz CT molecular complexity index is 1460. The van der Waals surface area contributed by atoms with Crippen molar-refractivity contribution in [3.63, 3.8) is 0 Å². The number of hydrogen-bond acceptors (Lipinski definition) is 10. The summed E-state index contributed by atoms with van der Waals surface area (Å²) in [5.41, 5.74) is 2.70. The van der Waals surface area contributed by atoms with E-state index in [-0.39, 0.29) is 29.2 Å². The van der Waals surface area contributed by atoms with Gasteiger partial charge in [0, 0.05) is 49.8 Å². The maximum atomic E-state index is 14.6. The van der Waals surface area contributed by atoms with Crippen LogP contribution in [0.1, 0.15) is 17.5 Å². The first-order chi connectivity index (χ1) is 17.3. The minimum absolute atomic E-state index is 0.0561. The van der Waals surface area contributed by atoms with Crippen LogP contribution in [0.15, 0.2) is 29.7 Å². The first-order valence-corrected chi connectivity index (χ1v) is 13.8. The number of nitrogens with one attached hydrogen (secondary N) is 1. The van der Waals surface area contributed by atoms with Crippen molar-refractivity contribution in [2.24, 2.45) is 0 Å². The van der Waals surface area contributed by atoms with E-state index in [1.54, 1.807) is 16.7 Å². The van der Waals surface area contributed by atoms with Crippen LogP contribution in [-0.2, 0) is 34.4 Å². The Morgan fingerprint density at radius 3 is 2.86 bits per heavy atom. The Hall–Kier alpha value is -3.10. The summed E-state index contributed by atoms with van der Waals surface area (Å²) in [4.78, 5) is 13.4. The molecule has 6 rings (SSSR count). The third-order valence-corrected chi connectivity index (χ3v) is 8.55. The Morgan fingerprint density at radius 1 is 1.25 bits per heavy atom. The number of piperazine rings is 1. The highest BCUT2D eigenvalue weighted by atomic mass is 32.2. The topological polar surface area (TPSA) is 126 Å². The molecule has 5 heterocycles. The molecule has 11 nitrogen and oxygen atoms in total. The van der Waals surface area contributed by atoms with Crippen LogP contribution in [0.25, 0.3) is 5.52 Å². The standard InChI is InChI=1S/C22H25FN6O3S.O2S/c1-27-6-7-28-14(12-27)5-9-33(30,31)21-20-18(28)11-25-22(29(20)13-26-21)24-10-16-15-4-8-32-19(15)3-2-17(16)23;1-3-2/h2-3,11,13-14H,4-10,12H2,1H3,(H,24,25);/t14-;/m0./s1. The number of imidazole rings is 1. The van der Waals surface area contributed by atoms with E-state index in [2.05, 4.69) is 32.1 Å². The molecule has 14 heteroatoms. The summed E-state index contributed by atoms with van der Waals surface area (Å²) in [6.07, 6.45) is 4.42. The van der Waals surface area contributed by atoms with Gasteiger partial charge in [0.15, 0.2) is 14.9 Å². The number of anilines is 2. The van der Waals surface area contributed by atoms with E-state index in [4.69, 9.17) is 13.2 Å². The van der Waals surface area contributed by atoms with Crippen LogP contribution >= 0.6 is 0 Å². The second-order valence-electron chi connectivity index (χ2n) is 8.98. The van der Waals surface area contributed by atoms with Gasteiger partial charge in [0.05, 0.1) is 24.2 Å². The van der Waals surface area contributed by atoms with Crippen LogP contribution in [0.2, 0.25) is 0 Å². The van der Waals surface area contributed by atoms with Crippen LogP contribution in [0.5, 0.6) is 5.75 Å². The number of benzene rings is 1. The van der Waals surface area contributed by atoms with Crippen molar-refractivity contribution in [3.05, 3.63) is 41.6 Å². The van der Waals surface area contributed by atoms with E-state index in [0.717, 1.165) is 30.9 Å². The molecule has 192 valence electrons. The summed E-state index contributed by atoms with van der Waals surface area (Å²) < 4.78 is 64.6. The summed E-state index contributed by atoms with van der Waals surface area (Å²) in [6.45, 7) is 3.22. The zero-order valence-electron chi connectivity index (χ0n) is 19.5. The molecule has 36 heavy (non-hydrogen) atoms. The molecule has 1 fully saturated rings. The van der Waals surface area contributed by atoms with Gasteiger partial charge in [-0.25, -0.2) is 22.8 Å². The molecule has 3 aliphatic rings. The van der Waals surface area contributed by atoms with Gasteiger partial charge in [-0.1, -0.05) is 0 Å². The lowest BCUT2D eigenvalue weighted by Crippen LogP contribution is -2.53. The fourth-order valence-electron chi connectivity index (χ4n) is 5.18. The van der Waals surface area contributed by atoms with E-state index in [1.807, 2.05) is 0 Å². The molecule has 2 aromatic heterocycles. The second kappa shape index (κ2) is 9.75. The quantitative estimate of drug-likeness (QED) is 0.519. The Balaban J connectivity index is 0.000000848. The Kier molecular flexibility index (Phi) is 6.66. The molecule has 3 aliphatic heterocycles. The molecular weight excluding hydrogens is 511 g/mol. The predicted molar refractivity (Wildman–Crippen MR) is 130 cm³/mol. The van der Waals surface area contributed by atoms with Crippen molar-refractivity contribution >= 4 is 38.6 Å². The molecule has 1 aromatic carbocycles. The van der Waals surface area contributed by atoms with Crippen molar-refractivity contribution in [1.82, 2.24) is 19.3 Å². The average molecular weight is 537 g/mol. The number of halogens is 1. The van der Waals surface area contributed by atoms with Crippen molar-refractivity contribution in [2.45, 2.75) is 30.5 Å². The summed E-state index contributed by atoms with van der Waals surface area (Å²) in [7, 11) is -1.48. The van der Waals surface area contributed by atoms with Gasteiger partial charge in [0.2, 0.25) is 5.95 Å². The van der Waals surface area contributed by atoms with Gasteiger partial charge in [-0.2, -0.15) is 8.42 Å². The number of ether oxygens (including phenoxy) is 1. The fraction of sp³-hybridized carbons (Fsp3) is 0.455. The van der Waals surface area contributed by atoms with E-state index in [1.165, 1.54) is 12.4 Å². The normalized spacial score (nSPS) is 20.3. The zero-order chi connectivity index (χ0) is 25.4. The van der Waals surface area contributed by atoms with Gasteiger partial charge in [-0.3, -0.25) is 4.40 Å². The molecule has 0 saturated carbocycles. The third kappa shape index (κ3) is 4.33. The number of hydrogen-bond donors (Lipinski definition) is 1. The van der Waals surface area contributed by atoms with Gasteiger partial charge in [0.25, 0.3) is 0 Å². The van der Waals surface area contributed by atoms with Gasteiger partial charge in [-0.05, 0) is 25.6 Å². The Labute approximate surface area is 210 Å². The van der Waals surface area contributed by atoms with E-state index in [9.17, 15) is 12.8 Å². The van der Waals surface area contributed by atoms with E-state index in [0.29, 0.717) is 42.2 Å². The number of sulfone groups is 1. The van der Waals surface area contributed by atoms with Crippen molar-refractivity contribution in [1.29, 1.82) is 0 Å². The summed E-state index contributed by atoms with van der Waals surface area (Å²) in [5, 5.41) is 3.28. The molecule has 1 saturated heterocycles. The van der Waals surface area contributed by atoms with Gasteiger partial charge in [0.1, 0.15) is 23.4 Å². The number of fused-ring (bicyclic) bond motifs is 3. The lowest BCUT2D eigenvalue weighted by atomic mass is 10.0. The summed E-state index contributed by atoms with van der Waals surface area (Å²) in [5.74, 6) is 0.884. The lowest BCUT2D eigenvalue weighted by molar-refractivity contribution is 0.264. The van der Waals surface area contributed by atoms with E-state index >= 15 is 0 Å². The minimum Gasteiger partial charge on any atom is -0.493 e. The van der Waals surface area contributed by atoms with E-state index < -0.39 is 21.4 Å². The molecule has 0 spiro atoms. The number of likely N-dealkylation sites (N-methyl/N-ethyl adjacent to an activating group) is 1. The zero-order valence-corrected chi connectivity index (χ0v) is 21.1. The SMILES string of the molecule is CN1CCN2c3cnc(NCc4c(F)ccc5c4CCO5)n4cnc(c34)S(=O)(=O)CC[C@H]2C1.O=S=O. The van der Waals surface area contributed by atoms with Gasteiger partial charge < -0.3 is 19.9 Å². The number of rotatable bonds is 3. The highest BCUT2D eigenvalue weighted by Crippen LogP contribution is 2.35. The predicted octanol–water partition coefficient (Wildman–Crippen LogP) is 1.04. The fourth-order valence-corrected chi connectivity index (χ4v) is 6.66. The smallest absolute Gasteiger partial charge is 0.335 e. The summed E-state index contributed by atoms with van der Waals surface area (Å²) >= 11 is -0.750. The molecule has 1 atom stereocenters. The van der Waals surface area contributed by atoms with Crippen molar-refractivity contribution < 1.29 is 26.0 Å². The lowest BCUT2D eigenvalue weighted by Gasteiger charge is -2.42. The van der Waals surface area contributed by atoms with Gasteiger partial charge in [-0.15, -0.1) is 0 Å². The number of aromatic nitrogens is 3. The van der Waals surface area contributed by atoms with Crippen molar-refractivity contribution in [2.75, 3.05) is 49.3 Å². The molecule has 0 bridgehead atoms. The molecule has 0 amide bonds. The highest BCUT2D eigenvalue weighted by molar-refractivity contribution is 7.91. The van der Waals surface area contributed by atoms with Crippen molar-refractivity contribution in [3.8, 4) is 5.75 Å². The third-order valence-electron chi connectivity index (χ3n) is 6.89.